The normalized spacial score (nSPS) is 17.7. The average Bonchev–Trinajstić information content (AvgIpc) is 3.17. The second-order valence-electron chi connectivity index (χ2n) is 6.37. The molecule has 0 aromatic heterocycles. The Morgan fingerprint density at radius 3 is 2.54 bits per heavy atom. The summed E-state index contributed by atoms with van der Waals surface area (Å²) in [6, 6.07) is 15.1. The van der Waals surface area contributed by atoms with Crippen LogP contribution in [0.15, 0.2) is 48.5 Å². The quantitative estimate of drug-likeness (QED) is 0.790. The zero-order chi connectivity index (χ0) is 18.5. The van der Waals surface area contributed by atoms with Crippen molar-refractivity contribution in [1.82, 2.24) is 4.90 Å². The minimum absolute atomic E-state index is 0.0128. The van der Waals surface area contributed by atoms with E-state index in [0.717, 1.165) is 29.9 Å². The van der Waals surface area contributed by atoms with Crippen LogP contribution in [0.4, 0.5) is 0 Å². The lowest BCUT2D eigenvalue weighted by atomic mass is 10.0. The van der Waals surface area contributed by atoms with Gasteiger partial charge >= 0.3 is 0 Å². The lowest BCUT2D eigenvalue weighted by Gasteiger charge is -2.29. The van der Waals surface area contributed by atoms with Crippen LogP contribution < -0.4 is 14.2 Å². The maximum Gasteiger partial charge on any atom is 0.263 e. The molecule has 1 saturated heterocycles. The second-order valence-corrected chi connectivity index (χ2v) is 6.37. The molecule has 1 fully saturated rings. The van der Waals surface area contributed by atoms with Crippen molar-refractivity contribution in [2.75, 3.05) is 20.8 Å². The van der Waals surface area contributed by atoms with Crippen LogP contribution in [0.25, 0.3) is 0 Å². The Balaban J connectivity index is 1.80. The highest BCUT2D eigenvalue weighted by Gasteiger charge is 2.35. The smallest absolute Gasteiger partial charge is 0.263 e. The maximum atomic E-state index is 13.0. The van der Waals surface area contributed by atoms with E-state index in [1.807, 2.05) is 53.4 Å². The summed E-state index contributed by atoms with van der Waals surface area (Å²) in [6.07, 6.45) is 1.30. The van der Waals surface area contributed by atoms with Gasteiger partial charge in [-0.3, -0.25) is 4.79 Å². The number of carbonyl (C=O) groups is 1. The molecule has 5 heteroatoms. The second kappa shape index (κ2) is 8.13. The zero-order valence-electron chi connectivity index (χ0n) is 15.5. The van der Waals surface area contributed by atoms with Crippen LogP contribution in [-0.2, 0) is 4.79 Å². The monoisotopic (exact) mass is 355 g/mol. The van der Waals surface area contributed by atoms with Crippen LogP contribution in [0.2, 0.25) is 0 Å². The first kappa shape index (κ1) is 18.1. The standard InChI is InChI=1S/C21H25NO4/c1-15(26-16-8-5-4-6-9-16)21(23)22-13-7-10-19(22)18-14-17(24-2)11-12-20(18)25-3/h4-6,8-9,11-12,14-15,19H,7,10,13H2,1-3H3. The molecule has 0 spiro atoms. The molecule has 0 saturated carbocycles. The molecular formula is C21H25NO4. The van der Waals surface area contributed by atoms with Gasteiger partial charge in [0, 0.05) is 12.1 Å². The molecule has 1 aliphatic heterocycles. The van der Waals surface area contributed by atoms with Crippen molar-refractivity contribution >= 4 is 5.91 Å². The molecule has 0 bridgehead atoms. The molecule has 2 unspecified atom stereocenters. The predicted octanol–water partition coefficient (Wildman–Crippen LogP) is 3.83. The van der Waals surface area contributed by atoms with Gasteiger partial charge in [-0.1, -0.05) is 18.2 Å². The lowest BCUT2D eigenvalue weighted by Crippen LogP contribution is -2.40. The number of likely N-dealkylation sites (tertiary alicyclic amines) is 1. The number of hydrogen-bond acceptors (Lipinski definition) is 4. The van der Waals surface area contributed by atoms with Crippen molar-refractivity contribution in [3.05, 3.63) is 54.1 Å². The first-order valence-electron chi connectivity index (χ1n) is 8.88. The van der Waals surface area contributed by atoms with Crippen LogP contribution in [0, 0.1) is 0 Å². The van der Waals surface area contributed by atoms with E-state index in [9.17, 15) is 4.79 Å². The molecule has 0 N–H and O–H groups in total. The van der Waals surface area contributed by atoms with Gasteiger partial charge in [0.1, 0.15) is 17.2 Å². The summed E-state index contributed by atoms with van der Waals surface area (Å²) in [5.41, 5.74) is 0.976. The largest absolute Gasteiger partial charge is 0.497 e. The van der Waals surface area contributed by atoms with Crippen LogP contribution in [0.3, 0.4) is 0 Å². The number of para-hydroxylation sites is 1. The number of carbonyl (C=O) groups excluding carboxylic acids is 1. The molecule has 1 aliphatic rings. The molecule has 5 nitrogen and oxygen atoms in total. The van der Waals surface area contributed by atoms with E-state index in [1.165, 1.54) is 0 Å². The molecule has 1 heterocycles. The fourth-order valence-corrected chi connectivity index (χ4v) is 3.44. The Labute approximate surface area is 154 Å². The highest BCUT2D eigenvalue weighted by atomic mass is 16.5. The Morgan fingerprint density at radius 2 is 1.85 bits per heavy atom. The average molecular weight is 355 g/mol. The van der Waals surface area contributed by atoms with Crippen molar-refractivity contribution < 1.29 is 19.0 Å². The number of benzene rings is 2. The number of amides is 1. The lowest BCUT2D eigenvalue weighted by molar-refractivity contribution is -0.138. The van der Waals surface area contributed by atoms with Gasteiger partial charge in [0.15, 0.2) is 6.10 Å². The molecule has 2 atom stereocenters. The van der Waals surface area contributed by atoms with Crippen molar-refractivity contribution in [2.45, 2.75) is 31.9 Å². The molecule has 26 heavy (non-hydrogen) atoms. The van der Waals surface area contributed by atoms with E-state index in [1.54, 1.807) is 21.1 Å². The molecule has 138 valence electrons. The zero-order valence-corrected chi connectivity index (χ0v) is 15.5. The molecule has 0 radical (unpaired) electrons. The third kappa shape index (κ3) is 3.77. The van der Waals surface area contributed by atoms with Gasteiger partial charge in [0.2, 0.25) is 0 Å². The van der Waals surface area contributed by atoms with Crippen molar-refractivity contribution in [3.63, 3.8) is 0 Å². The van der Waals surface area contributed by atoms with Gasteiger partial charge in [-0.15, -0.1) is 0 Å². The first-order valence-corrected chi connectivity index (χ1v) is 8.88. The Morgan fingerprint density at radius 1 is 1.08 bits per heavy atom. The fraction of sp³-hybridized carbons (Fsp3) is 0.381. The molecule has 0 aliphatic carbocycles. The minimum Gasteiger partial charge on any atom is -0.497 e. The third-order valence-corrected chi connectivity index (χ3v) is 4.74. The summed E-state index contributed by atoms with van der Waals surface area (Å²) in [4.78, 5) is 14.9. The van der Waals surface area contributed by atoms with E-state index in [-0.39, 0.29) is 11.9 Å². The van der Waals surface area contributed by atoms with Gasteiger partial charge in [-0.25, -0.2) is 0 Å². The maximum absolute atomic E-state index is 13.0. The van der Waals surface area contributed by atoms with E-state index in [2.05, 4.69) is 0 Å². The fourth-order valence-electron chi connectivity index (χ4n) is 3.44. The van der Waals surface area contributed by atoms with Crippen LogP contribution in [0.1, 0.15) is 31.4 Å². The SMILES string of the molecule is COc1ccc(OC)c(C2CCCN2C(=O)C(C)Oc2ccccc2)c1. The minimum atomic E-state index is -0.547. The van der Waals surface area contributed by atoms with Gasteiger partial charge < -0.3 is 19.1 Å². The Hall–Kier alpha value is -2.69. The van der Waals surface area contributed by atoms with Crippen LogP contribution in [-0.4, -0.2) is 37.7 Å². The molecule has 1 amide bonds. The summed E-state index contributed by atoms with van der Waals surface area (Å²) < 4.78 is 16.7. The van der Waals surface area contributed by atoms with Gasteiger partial charge in [-0.2, -0.15) is 0 Å². The summed E-state index contributed by atoms with van der Waals surface area (Å²) in [7, 11) is 3.28. The molecular weight excluding hydrogens is 330 g/mol. The van der Waals surface area contributed by atoms with Gasteiger partial charge in [-0.05, 0) is 50.1 Å². The van der Waals surface area contributed by atoms with Gasteiger partial charge in [0.05, 0.1) is 20.3 Å². The summed E-state index contributed by atoms with van der Waals surface area (Å²) >= 11 is 0. The number of hydrogen-bond donors (Lipinski definition) is 0. The van der Waals surface area contributed by atoms with Crippen LogP contribution in [0.5, 0.6) is 17.2 Å². The topological polar surface area (TPSA) is 48.0 Å². The van der Waals surface area contributed by atoms with Crippen molar-refractivity contribution in [1.29, 1.82) is 0 Å². The number of methoxy groups -OCH3 is 2. The highest BCUT2D eigenvalue weighted by molar-refractivity contribution is 5.81. The predicted molar refractivity (Wildman–Crippen MR) is 99.8 cm³/mol. The van der Waals surface area contributed by atoms with E-state index >= 15 is 0 Å². The van der Waals surface area contributed by atoms with Crippen molar-refractivity contribution in [2.24, 2.45) is 0 Å². The summed E-state index contributed by atoms with van der Waals surface area (Å²) in [5.74, 6) is 2.21. The highest BCUT2D eigenvalue weighted by Crippen LogP contribution is 2.39. The van der Waals surface area contributed by atoms with Gasteiger partial charge in [0.25, 0.3) is 5.91 Å². The molecule has 2 aromatic rings. The number of ether oxygens (including phenoxy) is 3. The summed E-state index contributed by atoms with van der Waals surface area (Å²) in [6.45, 7) is 2.51. The molecule has 2 aromatic carbocycles. The third-order valence-electron chi connectivity index (χ3n) is 4.74. The molecule has 3 rings (SSSR count). The van der Waals surface area contributed by atoms with Crippen molar-refractivity contribution in [3.8, 4) is 17.2 Å². The van der Waals surface area contributed by atoms with E-state index in [0.29, 0.717) is 12.3 Å². The van der Waals surface area contributed by atoms with E-state index < -0.39 is 6.10 Å². The van der Waals surface area contributed by atoms with E-state index in [4.69, 9.17) is 14.2 Å². The first-order chi connectivity index (χ1) is 12.6. The number of rotatable bonds is 6. The Kier molecular flexibility index (Phi) is 5.66. The summed E-state index contributed by atoms with van der Waals surface area (Å²) in [5, 5.41) is 0. The number of nitrogens with zero attached hydrogens (tertiary/aromatic N) is 1. The van der Waals surface area contributed by atoms with Crippen LogP contribution >= 0.6 is 0 Å². The Bertz CT molecular complexity index is 747.